The lowest BCUT2D eigenvalue weighted by Gasteiger charge is -2.24. The molecule has 0 spiro atoms. The molecule has 1 aliphatic rings. The highest BCUT2D eigenvalue weighted by Gasteiger charge is 2.38. The fraction of sp³-hybridized carbons (Fsp3) is 0.529. The van der Waals surface area contributed by atoms with Crippen molar-refractivity contribution in [3.8, 4) is 18.1 Å². The van der Waals surface area contributed by atoms with Gasteiger partial charge in [-0.2, -0.15) is 0 Å². The Kier molecular flexibility index (Phi) is 3.81. The summed E-state index contributed by atoms with van der Waals surface area (Å²) in [6, 6.07) is 1.81. The van der Waals surface area contributed by atoms with Gasteiger partial charge in [0.1, 0.15) is 23.7 Å². The highest BCUT2D eigenvalue weighted by atomic mass is 16.5. The Morgan fingerprint density at radius 2 is 2.33 bits per heavy atom. The number of pyridine rings is 1. The van der Waals surface area contributed by atoms with Gasteiger partial charge in [-0.1, -0.05) is 5.92 Å². The zero-order valence-corrected chi connectivity index (χ0v) is 13.0. The molecule has 1 aliphatic heterocycles. The first-order valence-corrected chi connectivity index (χ1v) is 7.04. The second-order valence-corrected chi connectivity index (χ2v) is 6.21. The molecule has 112 valence electrons. The van der Waals surface area contributed by atoms with Crippen LogP contribution in [0.5, 0.6) is 5.75 Å². The summed E-state index contributed by atoms with van der Waals surface area (Å²) in [5.41, 5.74) is 0.463. The van der Waals surface area contributed by atoms with Crippen LogP contribution in [0.15, 0.2) is 6.07 Å². The maximum atomic E-state index is 11.1. The van der Waals surface area contributed by atoms with Crippen LogP contribution in [-0.2, 0) is 15.8 Å². The molecule has 1 aromatic rings. The summed E-state index contributed by atoms with van der Waals surface area (Å²) in [5, 5.41) is 10.6. The van der Waals surface area contributed by atoms with E-state index in [0.717, 1.165) is 5.56 Å². The van der Waals surface area contributed by atoms with E-state index in [1.807, 2.05) is 19.9 Å². The van der Waals surface area contributed by atoms with Crippen molar-refractivity contribution >= 4 is 5.78 Å². The number of carbonyl (C=O) groups is 1. The molecule has 0 bridgehead atoms. The van der Waals surface area contributed by atoms with Crippen LogP contribution in [-0.4, -0.2) is 22.5 Å². The first-order valence-electron chi connectivity index (χ1n) is 7.04. The second-order valence-electron chi connectivity index (χ2n) is 6.21. The van der Waals surface area contributed by atoms with Gasteiger partial charge in [-0.15, -0.1) is 6.42 Å². The molecule has 0 aliphatic carbocycles. The molecule has 0 amide bonds. The van der Waals surface area contributed by atoms with E-state index < -0.39 is 11.0 Å². The third-order valence-corrected chi connectivity index (χ3v) is 4.08. The average Bonchev–Trinajstić information content (AvgIpc) is 2.76. The third-order valence-electron chi connectivity index (χ3n) is 4.08. The lowest BCUT2D eigenvalue weighted by Crippen LogP contribution is -2.26. The van der Waals surface area contributed by atoms with Crippen molar-refractivity contribution < 1.29 is 14.6 Å². The van der Waals surface area contributed by atoms with Crippen molar-refractivity contribution in [1.82, 2.24) is 4.98 Å². The molecule has 2 atom stereocenters. The maximum Gasteiger partial charge on any atom is 0.145 e. The van der Waals surface area contributed by atoms with Gasteiger partial charge in [0.25, 0.3) is 0 Å². The second kappa shape index (κ2) is 5.16. The first-order chi connectivity index (χ1) is 9.69. The van der Waals surface area contributed by atoms with Gasteiger partial charge in [0.05, 0.1) is 16.8 Å². The molecular weight excluding hydrogens is 266 g/mol. The van der Waals surface area contributed by atoms with Crippen LogP contribution in [0.2, 0.25) is 0 Å². The summed E-state index contributed by atoms with van der Waals surface area (Å²) in [6.07, 6.45) is 6.28. The molecule has 0 saturated carbocycles. The summed E-state index contributed by atoms with van der Waals surface area (Å²) in [6.45, 7) is 7.38. The van der Waals surface area contributed by atoms with E-state index >= 15 is 0 Å². The predicted octanol–water partition coefficient (Wildman–Crippen LogP) is 2.25. The van der Waals surface area contributed by atoms with E-state index in [1.165, 1.54) is 6.92 Å². The van der Waals surface area contributed by atoms with E-state index in [-0.39, 0.29) is 5.78 Å². The highest BCUT2D eigenvalue weighted by Crippen LogP contribution is 2.41. The number of hydrogen-bond donors (Lipinski definition) is 1. The van der Waals surface area contributed by atoms with E-state index in [4.69, 9.17) is 11.2 Å². The van der Waals surface area contributed by atoms with Gasteiger partial charge < -0.3 is 14.6 Å². The molecule has 0 saturated heterocycles. The first kappa shape index (κ1) is 15.5. The number of aliphatic hydroxyl groups is 1. The molecule has 4 heteroatoms. The maximum absolute atomic E-state index is 11.1. The van der Waals surface area contributed by atoms with Gasteiger partial charge in [-0.3, -0.25) is 4.98 Å². The zero-order valence-electron chi connectivity index (χ0n) is 13.0. The molecule has 0 radical (unpaired) electrons. The van der Waals surface area contributed by atoms with Crippen LogP contribution in [0.4, 0.5) is 0 Å². The Hall–Kier alpha value is -1.86. The topological polar surface area (TPSA) is 59.4 Å². The molecule has 21 heavy (non-hydrogen) atoms. The molecule has 0 aromatic carbocycles. The third kappa shape index (κ3) is 2.79. The Morgan fingerprint density at radius 1 is 1.67 bits per heavy atom. The summed E-state index contributed by atoms with van der Waals surface area (Å²) in [7, 11) is 0. The van der Waals surface area contributed by atoms with Crippen LogP contribution < -0.4 is 4.74 Å². The number of carbonyl (C=O) groups excluding carboxylic acids is 1. The molecule has 1 N–H and O–H groups in total. The number of terminal acetylenes is 1. The SMILES string of the molecule is C#C[C@@]1(C)COc2c1cc(C(C)(O)CCC(C)=O)nc2C. The molecule has 2 rings (SSSR count). The molecular formula is C17H21NO3. The molecule has 2 heterocycles. The van der Waals surface area contributed by atoms with Crippen molar-refractivity contribution in [2.45, 2.75) is 51.6 Å². The van der Waals surface area contributed by atoms with Crippen LogP contribution in [0, 0.1) is 19.3 Å². The van der Waals surface area contributed by atoms with Gasteiger partial charge in [0.15, 0.2) is 0 Å². The van der Waals surface area contributed by atoms with E-state index in [1.54, 1.807) is 6.92 Å². The highest BCUT2D eigenvalue weighted by molar-refractivity contribution is 5.75. The average molecular weight is 287 g/mol. The van der Waals surface area contributed by atoms with Crippen LogP contribution in [0.1, 0.15) is 50.6 Å². The van der Waals surface area contributed by atoms with Gasteiger partial charge in [0.2, 0.25) is 0 Å². The minimum Gasteiger partial charge on any atom is -0.489 e. The number of hydrogen-bond acceptors (Lipinski definition) is 4. The van der Waals surface area contributed by atoms with Crippen molar-refractivity contribution in [2.75, 3.05) is 6.61 Å². The fourth-order valence-electron chi connectivity index (χ4n) is 2.49. The minimum atomic E-state index is -1.16. The Balaban J connectivity index is 2.44. The number of ether oxygens (including phenoxy) is 1. The number of fused-ring (bicyclic) bond motifs is 1. The standard InChI is InChI=1S/C17H21NO3/c1-6-16(4)10-21-15-12(3)18-14(9-13(15)16)17(5,20)8-7-11(2)19/h1,9,20H,7-8,10H2,2-5H3/t16-,17?/m0/s1. The van der Waals surface area contributed by atoms with Crippen LogP contribution in [0.25, 0.3) is 0 Å². The predicted molar refractivity (Wildman–Crippen MR) is 80.1 cm³/mol. The number of Topliss-reactive ketones (excluding diaryl/α,β-unsaturated/α-hetero) is 1. The number of ketones is 1. The zero-order chi connectivity index (χ0) is 15.8. The molecule has 0 fully saturated rings. The molecule has 4 nitrogen and oxygen atoms in total. The van der Waals surface area contributed by atoms with Crippen LogP contribution in [0.3, 0.4) is 0 Å². The Bertz CT molecular complexity index is 628. The number of nitrogens with zero attached hydrogens (tertiary/aromatic N) is 1. The minimum absolute atomic E-state index is 0.0463. The normalized spacial score (nSPS) is 22.9. The number of rotatable bonds is 4. The van der Waals surface area contributed by atoms with Crippen molar-refractivity contribution in [3.05, 3.63) is 23.0 Å². The Labute approximate surface area is 125 Å². The van der Waals surface area contributed by atoms with E-state index in [9.17, 15) is 9.90 Å². The monoisotopic (exact) mass is 287 g/mol. The lowest BCUT2D eigenvalue weighted by molar-refractivity contribution is -0.118. The van der Waals surface area contributed by atoms with Crippen LogP contribution >= 0.6 is 0 Å². The van der Waals surface area contributed by atoms with Gasteiger partial charge in [-0.25, -0.2) is 0 Å². The summed E-state index contributed by atoms with van der Waals surface area (Å²) in [5.74, 6) is 3.52. The fourth-order valence-corrected chi connectivity index (χ4v) is 2.49. The van der Waals surface area contributed by atoms with E-state index in [2.05, 4.69) is 10.9 Å². The van der Waals surface area contributed by atoms with Gasteiger partial charge in [0, 0.05) is 12.0 Å². The quantitative estimate of drug-likeness (QED) is 0.863. The number of aromatic nitrogens is 1. The smallest absolute Gasteiger partial charge is 0.145 e. The van der Waals surface area contributed by atoms with Crippen molar-refractivity contribution in [2.24, 2.45) is 0 Å². The largest absolute Gasteiger partial charge is 0.489 e. The van der Waals surface area contributed by atoms with E-state index in [0.29, 0.717) is 36.6 Å². The lowest BCUT2D eigenvalue weighted by atomic mass is 9.83. The van der Waals surface area contributed by atoms with Gasteiger partial charge >= 0.3 is 0 Å². The number of aryl methyl sites for hydroxylation is 1. The molecule has 1 aromatic heterocycles. The Morgan fingerprint density at radius 3 is 2.90 bits per heavy atom. The van der Waals surface area contributed by atoms with Crippen molar-refractivity contribution in [1.29, 1.82) is 0 Å². The van der Waals surface area contributed by atoms with Crippen molar-refractivity contribution in [3.63, 3.8) is 0 Å². The molecule has 1 unspecified atom stereocenters. The van der Waals surface area contributed by atoms with Gasteiger partial charge in [-0.05, 0) is 40.2 Å². The summed E-state index contributed by atoms with van der Waals surface area (Å²) >= 11 is 0. The summed E-state index contributed by atoms with van der Waals surface area (Å²) in [4.78, 5) is 15.6. The summed E-state index contributed by atoms with van der Waals surface area (Å²) < 4.78 is 5.66.